The van der Waals surface area contributed by atoms with Crippen LogP contribution in [0.5, 0.6) is 0 Å². The van der Waals surface area contributed by atoms with Crippen molar-refractivity contribution in [2.24, 2.45) is 0 Å². The molecule has 3 nitrogen and oxygen atoms in total. The van der Waals surface area contributed by atoms with Gasteiger partial charge in [-0.1, -0.05) is 30.3 Å². The Morgan fingerprint density at radius 3 is 2.61 bits per heavy atom. The molecule has 3 heteroatoms. The molecule has 2 N–H and O–H groups in total. The molecule has 2 rings (SSSR count). The van der Waals surface area contributed by atoms with Crippen LogP contribution in [-0.4, -0.2) is 37.0 Å². The third kappa shape index (κ3) is 3.80. The fourth-order valence-corrected chi connectivity index (χ4v) is 2.39. The quantitative estimate of drug-likeness (QED) is 0.773. The van der Waals surface area contributed by atoms with Crippen molar-refractivity contribution in [3.05, 3.63) is 35.9 Å². The van der Waals surface area contributed by atoms with Crippen LogP contribution in [0, 0.1) is 0 Å². The van der Waals surface area contributed by atoms with Gasteiger partial charge in [-0.05, 0) is 31.2 Å². The molecule has 1 aliphatic rings. The van der Waals surface area contributed by atoms with E-state index in [1.54, 1.807) is 7.11 Å². The van der Waals surface area contributed by atoms with Crippen molar-refractivity contribution in [3.63, 3.8) is 0 Å². The minimum atomic E-state index is -0.470. The van der Waals surface area contributed by atoms with E-state index in [0.717, 1.165) is 25.7 Å². The average molecular weight is 249 g/mol. The lowest BCUT2D eigenvalue weighted by Crippen LogP contribution is -2.50. The van der Waals surface area contributed by atoms with Gasteiger partial charge in [0.1, 0.15) is 0 Å². The summed E-state index contributed by atoms with van der Waals surface area (Å²) in [5.41, 5.74) is 0.829. The van der Waals surface area contributed by atoms with Gasteiger partial charge < -0.3 is 15.2 Å². The first-order valence-corrected chi connectivity index (χ1v) is 6.70. The zero-order chi connectivity index (χ0) is 12.8. The Kier molecular flexibility index (Phi) is 4.75. The monoisotopic (exact) mass is 249 g/mol. The van der Waals surface area contributed by atoms with Gasteiger partial charge in [0.15, 0.2) is 0 Å². The van der Waals surface area contributed by atoms with E-state index in [9.17, 15) is 5.11 Å². The predicted octanol–water partition coefficient (Wildman–Crippen LogP) is 1.75. The fourth-order valence-electron chi connectivity index (χ4n) is 2.39. The summed E-state index contributed by atoms with van der Waals surface area (Å²) >= 11 is 0. The summed E-state index contributed by atoms with van der Waals surface area (Å²) in [5.74, 6) is 0. The number of hydrogen-bond donors (Lipinski definition) is 2. The Bertz CT molecular complexity index is 349. The minimum absolute atomic E-state index is 0.266. The number of ether oxygens (including phenoxy) is 1. The van der Waals surface area contributed by atoms with Crippen molar-refractivity contribution in [1.82, 2.24) is 5.32 Å². The van der Waals surface area contributed by atoms with Gasteiger partial charge in [0.2, 0.25) is 0 Å². The topological polar surface area (TPSA) is 41.5 Å². The molecule has 1 aromatic rings. The normalized spacial score (nSPS) is 19.2. The molecule has 0 saturated heterocycles. The molecule has 1 aromatic carbocycles. The van der Waals surface area contributed by atoms with Gasteiger partial charge in [-0.3, -0.25) is 0 Å². The summed E-state index contributed by atoms with van der Waals surface area (Å²) in [5, 5.41) is 13.5. The molecule has 1 fully saturated rings. The number of methoxy groups -OCH3 is 1. The van der Waals surface area contributed by atoms with Crippen LogP contribution in [0.2, 0.25) is 0 Å². The van der Waals surface area contributed by atoms with Crippen molar-refractivity contribution < 1.29 is 9.84 Å². The number of rotatable bonds is 7. The second-order valence-electron chi connectivity index (χ2n) is 5.30. The molecule has 0 heterocycles. The lowest BCUT2D eigenvalue weighted by molar-refractivity contribution is -0.0348. The SMILES string of the molecule is COCC(Cc1ccccc1)NCC1(O)CCC1. The van der Waals surface area contributed by atoms with Crippen LogP contribution in [-0.2, 0) is 11.2 Å². The summed E-state index contributed by atoms with van der Waals surface area (Å²) in [6.07, 6.45) is 3.92. The summed E-state index contributed by atoms with van der Waals surface area (Å²) in [6.45, 7) is 1.35. The van der Waals surface area contributed by atoms with E-state index >= 15 is 0 Å². The largest absolute Gasteiger partial charge is 0.389 e. The molecule has 1 atom stereocenters. The van der Waals surface area contributed by atoms with Gasteiger partial charge in [0, 0.05) is 19.7 Å². The fraction of sp³-hybridized carbons (Fsp3) is 0.600. The van der Waals surface area contributed by atoms with Crippen LogP contribution in [0.15, 0.2) is 30.3 Å². The Balaban J connectivity index is 1.83. The molecule has 100 valence electrons. The summed E-state index contributed by atoms with van der Waals surface area (Å²) < 4.78 is 5.25. The number of hydrogen-bond acceptors (Lipinski definition) is 3. The van der Waals surface area contributed by atoms with Crippen molar-refractivity contribution >= 4 is 0 Å². The Morgan fingerprint density at radius 1 is 1.33 bits per heavy atom. The van der Waals surface area contributed by atoms with Crippen LogP contribution in [0.25, 0.3) is 0 Å². The first-order valence-electron chi connectivity index (χ1n) is 6.70. The Hall–Kier alpha value is -0.900. The van der Waals surface area contributed by atoms with E-state index in [0.29, 0.717) is 13.2 Å². The Labute approximate surface area is 109 Å². The highest BCUT2D eigenvalue weighted by atomic mass is 16.5. The van der Waals surface area contributed by atoms with Crippen LogP contribution in [0.3, 0.4) is 0 Å². The molecular formula is C15H23NO2. The lowest BCUT2D eigenvalue weighted by Gasteiger charge is -2.38. The number of benzene rings is 1. The van der Waals surface area contributed by atoms with Gasteiger partial charge in [0.05, 0.1) is 12.2 Å². The summed E-state index contributed by atoms with van der Waals surface area (Å²) in [6, 6.07) is 10.7. The van der Waals surface area contributed by atoms with Crippen LogP contribution >= 0.6 is 0 Å². The maximum Gasteiger partial charge on any atom is 0.0771 e. The zero-order valence-corrected chi connectivity index (χ0v) is 11.1. The van der Waals surface area contributed by atoms with Crippen LogP contribution < -0.4 is 5.32 Å². The third-order valence-corrected chi connectivity index (χ3v) is 3.70. The van der Waals surface area contributed by atoms with Gasteiger partial charge in [-0.15, -0.1) is 0 Å². The van der Waals surface area contributed by atoms with Crippen LogP contribution in [0.1, 0.15) is 24.8 Å². The van der Waals surface area contributed by atoms with E-state index in [4.69, 9.17) is 4.74 Å². The first-order chi connectivity index (χ1) is 8.72. The second-order valence-corrected chi connectivity index (χ2v) is 5.30. The molecule has 18 heavy (non-hydrogen) atoms. The standard InChI is InChI=1S/C15H23NO2/c1-18-11-14(10-13-6-3-2-4-7-13)16-12-15(17)8-5-9-15/h2-4,6-7,14,16-17H,5,8-12H2,1H3. The van der Waals surface area contributed by atoms with Gasteiger partial charge in [-0.2, -0.15) is 0 Å². The maximum atomic E-state index is 10.1. The van der Waals surface area contributed by atoms with Crippen LogP contribution in [0.4, 0.5) is 0 Å². The third-order valence-electron chi connectivity index (χ3n) is 3.70. The molecule has 0 bridgehead atoms. The number of nitrogens with one attached hydrogen (secondary N) is 1. The molecule has 1 saturated carbocycles. The van der Waals surface area contributed by atoms with E-state index in [1.807, 2.05) is 6.07 Å². The van der Waals surface area contributed by atoms with Gasteiger partial charge in [-0.25, -0.2) is 0 Å². The summed E-state index contributed by atoms with van der Waals surface area (Å²) in [4.78, 5) is 0. The van der Waals surface area contributed by atoms with E-state index < -0.39 is 5.60 Å². The van der Waals surface area contributed by atoms with E-state index in [2.05, 4.69) is 29.6 Å². The van der Waals surface area contributed by atoms with E-state index in [1.165, 1.54) is 5.56 Å². The maximum absolute atomic E-state index is 10.1. The second kappa shape index (κ2) is 6.32. The molecule has 0 aromatic heterocycles. The lowest BCUT2D eigenvalue weighted by atomic mass is 9.80. The highest BCUT2D eigenvalue weighted by Gasteiger charge is 2.34. The van der Waals surface area contributed by atoms with Crippen molar-refractivity contribution in [2.45, 2.75) is 37.3 Å². The number of aliphatic hydroxyl groups is 1. The predicted molar refractivity (Wildman–Crippen MR) is 72.6 cm³/mol. The first kappa shape index (κ1) is 13.5. The molecule has 0 spiro atoms. The van der Waals surface area contributed by atoms with Crippen molar-refractivity contribution in [1.29, 1.82) is 0 Å². The zero-order valence-electron chi connectivity index (χ0n) is 11.1. The van der Waals surface area contributed by atoms with Gasteiger partial charge in [0.25, 0.3) is 0 Å². The average Bonchev–Trinajstić information content (AvgIpc) is 2.35. The molecule has 0 amide bonds. The molecular weight excluding hydrogens is 226 g/mol. The van der Waals surface area contributed by atoms with Crippen molar-refractivity contribution in [2.75, 3.05) is 20.3 Å². The highest BCUT2D eigenvalue weighted by molar-refractivity contribution is 5.16. The van der Waals surface area contributed by atoms with Crippen molar-refractivity contribution in [3.8, 4) is 0 Å². The Morgan fingerprint density at radius 2 is 2.06 bits per heavy atom. The highest BCUT2D eigenvalue weighted by Crippen LogP contribution is 2.30. The van der Waals surface area contributed by atoms with Gasteiger partial charge >= 0.3 is 0 Å². The van der Waals surface area contributed by atoms with E-state index in [-0.39, 0.29) is 6.04 Å². The minimum Gasteiger partial charge on any atom is -0.389 e. The summed E-state index contributed by atoms with van der Waals surface area (Å²) in [7, 11) is 1.72. The molecule has 0 aliphatic heterocycles. The molecule has 1 aliphatic carbocycles. The molecule has 0 radical (unpaired) electrons. The molecule has 1 unspecified atom stereocenters. The smallest absolute Gasteiger partial charge is 0.0771 e.